The summed E-state index contributed by atoms with van der Waals surface area (Å²) in [4.78, 5) is 13.0. The molecule has 0 fully saturated rings. The van der Waals surface area contributed by atoms with Gasteiger partial charge in [0.05, 0.1) is 13.2 Å². The van der Waals surface area contributed by atoms with Crippen LogP contribution < -0.4 is 5.73 Å². The van der Waals surface area contributed by atoms with Crippen LogP contribution in [0.15, 0.2) is 12.1 Å². The fourth-order valence-electron chi connectivity index (χ4n) is 1.35. The largest absolute Gasteiger partial charge is 0.469 e. The molecule has 0 radical (unpaired) electrons. The molecule has 1 unspecified atom stereocenters. The van der Waals surface area contributed by atoms with Gasteiger partial charge >= 0.3 is 5.97 Å². The number of carbonyl (C=O) groups is 1. The molecule has 0 aliphatic carbocycles. The molecule has 3 N–H and O–H groups in total. The van der Waals surface area contributed by atoms with Gasteiger partial charge in [-0.05, 0) is 31.5 Å². The Hall–Kier alpha value is -0.910. The number of aliphatic hydroxyl groups is 1. The number of ether oxygens (including phenoxy) is 1. The van der Waals surface area contributed by atoms with Gasteiger partial charge in [-0.15, -0.1) is 11.3 Å². The van der Waals surface area contributed by atoms with Gasteiger partial charge < -0.3 is 15.6 Å². The first kappa shape index (κ1) is 13.2. The van der Waals surface area contributed by atoms with E-state index in [0.717, 1.165) is 16.2 Å². The molecule has 1 heterocycles. The maximum absolute atomic E-state index is 10.9. The Morgan fingerprint density at radius 3 is 3.00 bits per heavy atom. The molecule has 4 nitrogen and oxygen atoms in total. The van der Waals surface area contributed by atoms with E-state index in [-0.39, 0.29) is 12.4 Å². The minimum atomic E-state index is -0.587. The first-order valence-corrected chi connectivity index (χ1v) is 6.02. The van der Waals surface area contributed by atoms with E-state index < -0.39 is 6.10 Å². The van der Waals surface area contributed by atoms with E-state index in [1.807, 2.05) is 12.1 Å². The third-order valence-electron chi connectivity index (χ3n) is 2.25. The molecule has 0 saturated heterocycles. The van der Waals surface area contributed by atoms with E-state index in [2.05, 4.69) is 4.74 Å². The topological polar surface area (TPSA) is 72.5 Å². The summed E-state index contributed by atoms with van der Waals surface area (Å²) in [6.45, 7) is 0.609. The molecule has 1 atom stereocenters. The molecule has 16 heavy (non-hydrogen) atoms. The lowest BCUT2D eigenvalue weighted by molar-refractivity contribution is -0.141. The molecular formula is C11H17NO3S. The summed E-state index contributed by atoms with van der Waals surface area (Å²) in [5.74, 6) is -0.294. The first-order chi connectivity index (χ1) is 7.67. The maximum atomic E-state index is 10.9. The van der Waals surface area contributed by atoms with Gasteiger partial charge in [0.25, 0.3) is 0 Å². The Labute approximate surface area is 99.0 Å². The number of methoxy groups -OCH3 is 1. The minimum absolute atomic E-state index is 0.238. The number of carbonyl (C=O) groups excluding carboxylic acids is 1. The molecule has 1 aromatic heterocycles. The summed E-state index contributed by atoms with van der Waals surface area (Å²) in [5, 5.41) is 9.82. The van der Waals surface area contributed by atoms with Gasteiger partial charge in [0.15, 0.2) is 0 Å². The molecule has 0 aliphatic heterocycles. The normalized spacial score (nSPS) is 12.4. The average molecular weight is 243 g/mol. The molecule has 1 rings (SSSR count). The second-order valence-electron chi connectivity index (χ2n) is 3.47. The number of rotatable bonds is 6. The predicted molar refractivity (Wildman–Crippen MR) is 63.3 cm³/mol. The summed E-state index contributed by atoms with van der Waals surface area (Å²) in [6, 6.07) is 3.85. The van der Waals surface area contributed by atoms with Crippen LogP contribution in [0.5, 0.6) is 0 Å². The van der Waals surface area contributed by atoms with E-state index in [9.17, 15) is 9.90 Å². The maximum Gasteiger partial charge on any atom is 0.305 e. The minimum Gasteiger partial charge on any atom is -0.469 e. The Morgan fingerprint density at radius 2 is 2.38 bits per heavy atom. The van der Waals surface area contributed by atoms with Crippen LogP contribution in [0.3, 0.4) is 0 Å². The summed E-state index contributed by atoms with van der Waals surface area (Å²) >= 11 is 1.54. The SMILES string of the molecule is COC(=O)CCC(O)c1ccc(CCN)s1. The van der Waals surface area contributed by atoms with E-state index >= 15 is 0 Å². The fraction of sp³-hybridized carbons (Fsp3) is 0.545. The van der Waals surface area contributed by atoms with Crippen LogP contribution in [0.2, 0.25) is 0 Å². The van der Waals surface area contributed by atoms with E-state index in [0.29, 0.717) is 13.0 Å². The van der Waals surface area contributed by atoms with Crippen molar-refractivity contribution in [1.29, 1.82) is 0 Å². The highest BCUT2D eigenvalue weighted by Crippen LogP contribution is 2.26. The number of hydrogen-bond acceptors (Lipinski definition) is 5. The molecule has 0 aliphatic rings. The Balaban J connectivity index is 2.45. The highest BCUT2D eigenvalue weighted by atomic mass is 32.1. The summed E-state index contributed by atoms with van der Waals surface area (Å²) in [7, 11) is 1.35. The van der Waals surface area contributed by atoms with E-state index in [4.69, 9.17) is 5.73 Å². The zero-order valence-corrected chi connectivity index (χ0v) is 10.1. The fourth-order valence-corrected chi connectivity index (χ4v) is 2.40. The van der Waals surface area contributed by atoms with Crippen molar-refractivity contribution in [2.75, 3.05) is 13.7 Å². The van der Waals surface area contributed by atoms with Crippen LogP contribution in [-0.4, -0.2) is 24.7 Å². The van der Waals surface area contributed by atoms with Crippen molar-refractivity contribution in [3.8, 4) is 0 Å². The molecule has 0 saturated carbocycles. The summed E-state index contributed by atoms with van der Waals surface area (Å²) in [6.07, 6.45) is 0.876. The van der Waals surface area contributed by atoms with Crippen LogP contribution in [0.25, 0.3) is 0 Å². The number of esters is 1. The van der Waals surface area contributed by atoms with E-state index in [1.54, 1.807) is 11.3 Å². The van der Waals surface area contributed by atoms with Gasteiger partial charge in [-0.3, -0.25) is 4.79 Å². The molecule has 0 spiro atoms. The van der Waals surface area contributed by atoms with Crippen LogP contribution in [0.4, 0.5) is 0 Å². The molecule has 90 valence electrons. The standard InChI is InChI=1S/C11H17NO3S/c1-15-11(14)5-3-9(13)10-4-2-8(16-10)6-7-12/h2,4,9,13H,3,5-7,12H2,1H3. The zero-order chi connectivity index (χ0) is 12.0. The Bertz CT molecular complexity index is 338. The monoisotopic (exact) mass is 243 g/mol. The number of hydrogen-bond donors (Lipinski definition) is 2. The van der Waals surface area contributed by atoms with Crippen molar-refractivity contribution in [3.63, 3.8) is 0 Å². The number of thiophene rings is 1. The van der Waals surface area contributed by atoms with Gasteiger partial charge in [-0.2, -0.15) is 0 Å². The van der Waals surface area contributed by atoms with Crippen molar-refractivity contribution in [2.24, 2.45) is 5.73 Å². The molecule has 0 amide bonds. The van der Waals surface area contributed by atoms with Crippen molar-refractivity contribution >= 4 is 17.3 Å². The van der Waals surface area contributed by atoms with Crippen molar-refractivity contribution < 1.29 is 14.6 Å². The number of nitrogens with two attached hydrogens (primary N) is 1. The van der Waals surface area contributed by atoms with Gasteiger partial charge in [0.2, 0.25) is 0 Å². The third-order valence-corrected chi connectivity index (χ3v) is 3.50. The van der Waals surface area contributed by atoms with Crippen molar-refractivity contribution in [1.82, 2.24) is 0 Å². The summed E-state index contributed by atoms with van der Waals surface area (Å²) in [5.41, 5.74) is 5.45. The van der Waals surface area contributed by atoms with Gasteiger partial charge in [-0.1, -0.05) is 0 Å². The van der Waals surface area contributed by atoms with E-state index in [1.165, 1.54) is 7.11 Å². The Morgan fingerprint density at radius 1 is 1.62 bits per heavy atom. The second kappa shape index (κ2) is 6.62. The average Bonchev–Trinajstić information content (AvgIpc) is 2.74. The quantitative estimate of drug-likeness (QED) is 0.737. The lowest BCUT2D eigenvalue weighted by Crippen LogP contribution is -2.03. The molecular weight excluding hydrogens is 226 g/mol. The van der Waals surface area contributed by atoms with Crippen LogP contribution in [0.1, 0.15) is 28.7 Å². The first-order valence-electron chi connectivity index (χ1n) is 5.21. The van der Waals surface area contributed by atoms with Gasteiger partial charge in [0.1, 0.15) is 0 Å². The highest BCUT2D eigenvalue weighted by molar-refractivity contribution is 7.12. The van der Waals surface area contributed by atoms with Crippen molar-refractivity contribution in [2.45, 2.75) is 25.4 Å². The van der Waals surface area contributed by atoms with Crippen LogP contribution >= 0.6 is 11.3 Å². The highest BCUT2D eigenvalue weighted by Gasteiger charge is 2.12. The van der Waals surface area contributed by atoms with Crippen LogP contribution in [-0.2, 0) is 16.0 Å². The number of aliphatic hydroxyl groups excluding tert-OH is 1. The molecule has 1 aromatic rings. The van der Waals surface area contributed by atoms with Crippen molar-refractivity contribution in [3.05, 3.63) is 21.9 Å². The lowest BCUT2D eigenvalue weighted by Gasteiger charge is -2.06. The lowest BCUT2D eigenvalue weighted by atomic mass is 10.1. The summed E-state index contributed by atoms with van der Waals surface area (Å²) < 4.78 is 4.52. The third kappa shape index (κ3) is 3.92. The molecule has 0 aromatic carbocycles. The smallest absolute Gasteiger partial charge is 0.305 e. The molecule has 0 bridgehead atoms. The van der Waals surface area contributed by atoms with Gasteiger partial charge in [-0.25, -0.2) is 0 Å². The van der Waals surface area contributed by atoms with Gasteiger partial charge in [0, 0.05) is 16.2 Å². The zero-order valence-electron chi connectivity index (χ0n) is 9.31. The second-order valence-corrected chi connectivity index (χ2v) is 4.67. The van der Waals surface area contributed by atoms with Crippen LogP contribution in [0, 0.1) is 0 Å². The molecule has 5 heteroatoms. The Kier molecular flexibility index (Phi) is 5.45. The predicted octanol–water partition coefficient (Wildman–Crippen LogP) is 1.24.